The molecule has 7 nitrogen and oxygen atoms in total. The fraction of sp³-hybridized carbons (Fsp3) is 0.389. The lowest BCUT2D eigenvalue weighted by molar-refractivity contribution is 0.0781. The fourth-order valence-corrected chi connectivity index (χ4v) is 3.09. The molecule has 0 spiro atoms. The van der Waals surface area contributed by atoms with Crippen LogP contribution in [-0.4, -0.2) is 49.8 Å². The predicted molar refractivity (Wildman–Crippen MR) is 96.6 cm³/mol. The Labute approximate surface area is 154 Å². The summed E-state index contributed by atoms with van der Waals surface area (Å²) in [6.45, 7) is 4.04. The molecule has 0 amide bonds. The largest absolute Gasteiger partial charge is 0.386 e. The van der Waals surface area contributed by atoms with E-state index < -0.39 is 23.6 Å². The number of halogens is 2. The summed E-state index contributed by atoms with van der Waals surface area (Å²) < 4.78 is 29.9. The van der Waals surface area contributed by atoms with Crippen LogP contribution in [0.3, 0.4) is 0 Å². The number of hydrogen-bond donors (Lipinski definition) is 3. The zero-order valence-electron chi connectivity index (χ0n) is 14.9. The Balaban J connectivity index is 1.75. The Morgan fingerprint density at radius 3 is 2.78 bits per heavy atom. The molecule has 2 atom stereocenters. The molecule has 27 heavy (non-hydrogen) atoms. The lowest BCUT2D eigenvalue weighted by Gasteiger charge is -2.18. The van der Waals surface area contributed by atoms with Crippen molar-refractivity contribution in [2.45, 2.75) is 31.7 Å². The zero-order chi connectivity index (χ0) is 19.2. The number of aliphatic hydroxyl groups is 1. The van der Waals surface area contributed by atoms with Gasteiger partial charge in [-0.3, -0.25) is 4.40 Å². The van der Waals surface area contributed by atoms with Crippen LogP contribution >= 0.6 is 0 Å². The Kier molecular flexibility index (Phi) is 4.27. The van der Waals surface area contributed by atoms with E-state index >= 15 is 0 Å². The van der Waals surface area contributed by atoms with Crippen LogP contribution in [0.4, 0.5) is 14.7 Å². The van der Waals surface area contributed by atoms with E-state index in [-0.39, 0.29) is 18.2 Å². The molecule has 0 bridgehead atoms. The summed E-state index contributed by atoms with van der Waals surface area (Å²) in [6.07, 6.45) is 3.20. The van der Waals surface area contributed by atoms with Crippen molar-refractivity contribution in [3.8, 4) is 11.4 Å². The van der Waals surface area contributed by atoms with Gasteiger partial charge in [0.2, 0.25) is 5.95 Å². The van der Waals surface area contributed by atoms with Crippen LogP contribution in [0.5, 0.6) is 0 Å². The minimum atomic E-state index is -1.06. The van der Waals surface area contributed by atoms with Crippen molar-refractivity contribution in [3.63, 3.8) is 0 Å². The average molecular weight is 374 g/mol. The molecule has 3 N–H and O–H groups in total. The number of hydrogen-bond acceptors (Lipinski definition) is 6. The molecule has 3 aromatic rings. The van der Waals surface area contributed by atoms with E-state index in [2.05, 4.69) is 25.6 Å². The maximum absolute atomic E-state index is 14.5. The van der Waals surface area contributed by atoms with Crippen LogP contribution in [0, 0.1) is 5.82 Å². The Morgan fingerprint density at radius 1 is 1.26 bits per heavy atom. The van der Waals surface area contributed by atoms with Crippen LogP contribution in [-0.2, 0) is 5.60 Å². The van der Waals surface area contributed by atoms with Gasteiger partial charge in [-0.1, -0.05) is 6.07 Å². The first-order chi connectivity index (χ1) is 12.8. The number of pyridine rings is 1. The van der Waals surface area contributed by atoms with Crippen molar-refractivity contribution in [2.24, 2.45) is 0 Å². The Hall–Kier alpha value is -2.65. The lowest BCUT2D eigenvalue weighted by Crippen LogP contribution is -2.30. The molecule has 1 aliphatic rings. The normalized spacial score (nSPS) is 20.3. The highest BCUT2D eigenvalue weighted by Gasteiger charge is 2.27. The van der Waals surface area contributed by atoms with Crippen LogP contribution in [0.25, 0.3) is 17.0 Å². The van der Waals surface area contributed by atoms with Gasteiger partial charge < -0.3 is 15.7 Å². The number of nitrogens with zero attached hydrogens (tertiary/aromatic N) is 4. The van der Waals surface area contributed by atoms with E-state index in [1.54, 1.807) is 36.6 Å². The monoisotopic (exact) mass is 374 g/mol. The third kappa shape index (κ3) is 3.35. The van der Waals surface area contributed by atoms with Gasteiger partial charge in [-0.05, 0) is 25.5 Å². The van der Waals surface area contributed by atoms with E-state index in [0.717, 1.165) is 6.20 Å². The predicted octanol–water partition coefficient (Wildman–Crippen LogP) is 1.88. The lowest BCUT2D eigenvalue weighted by atomic mass is 10.0. The van der Waals surface area contributed by atoms with E-state index in [9.17, 15) is 13.9 Å². The first kappa shape index (κ1) is 17.7. The van der Waals surface area contributed by atoms with Gasteiger partial charge in [0.05, 0.1) is 29.7 Å². The number of fused-ring (bicyclic) bond motifs is 1. The van der Waals surface area contributed by atoms with E-state index in [1.807, 2.05) is 0 Å². The standard InChI is InChI=1S/C18H20F2N6O/c1-18(2,27)10-3-4-15-22-8-14(26(15)9-10)16-12(20)6-23-17(25-16)24-13-7-21-5-11(13)19/h3-4,6,8-9,11,13,21,27H,5,7H2,1-2H3,(H,23,24,25)/t11-,13-/m0/s1. The Morgan fingerprint density at radius 2 is 2.07 bits per heavy atom. The van der Waals surface area contributed by atoms with Crippen LogP contribution in [0.15, 0.2) is 30.7 Å². The second-order valence-corrected chi connectivity index (χ2v) is 7.16. The second kappa shape index (κ2) is 6.50. The highest BCUT2D eigenvalue weighted by Crippen LogP contribution is 2.26. The van der Waals surface area contributed by atoms with Gasteiger partial charge in [0.15, 0.2) is 5.82 Å². The van der Waals surface area contributed by atoms with Crippen LogP contribution in [0.2, 0.25) is 0 Å². The molecular formula is C18H20F2N6O. The highest BCUT2D eigenvalue weighted by atomic mass is 19.1. The third-order valence-corrected chi connectivity index (χ3v) is 4.65. The first-order valence-electron chi connectivity index (χ1n) is 8.67. The van der Waals surface area contributed by atoms with Crippen molar-refractivity contribution in [2.75, 3.05) is 18.4 Å². The smallest absolute Gasteiger partial charge is 0.223 e. The minimum absolute atomic E-state index is 0.0502. The number of rotatable bonds is 4. The number of imidazole rings is 1. The molecule has 142 valence electrons. The summed E-state index contributed by atoms with van der Waals surface area (Å²) in [7, 11) is 0. The third-order valence-electron chi connectivity index (χ3n) is 4.65. The summed E-state index contributed by atoms with van der Waals surface area (Å²) in [5.41, 5.74) is 0.654. The quantitative estimate of drug-likeness (QED) is 0.646. The van der Waals surface area contributed by atoms with Gasteiger partial charge in [-0.25, -0.2) is 23.7 Å². The van der Waals surface area contributed by atoms with Crippen LogP contribution < -0.4 is 10.6 Å². The molecule has 0 aromatic carbocycles. The minimum Gasteiger partial charge on any atom is -0.386 e. The first-order valence-corrected chi connectivity index (χ1v) is 8.67. The van der Waals surface area contributed by atoms with Gasteiger partial charge in [0.25, 0.3) is 0 Å². The highest BCUT2D eigenvalue weighted by molar-refractivity contribution is 5.62. The van der Waals surface area contributed by atoms with Gasteiger partial charge in [-0.15, -0.1) is 0 Å². The molecule has 1 fully saturated rings. The molecule has 0 aliphatic carbocycles. The van der Waals surface area contributed by atoms with Crippen LogP contribution in [0.1, 0.15) is 19.4 Å². The van der Waals surface area contributed by atoms with E-state index in [1.165, 1.54) is 6.20 Å². The summed E-state index contributed by atoms with van der Waals surface area (Å²) in [5, 5.41) is 16.1. The molecule has 9 heteroatoms. The molecule has 1 aliphatic heterocycles. The number of anilines is 1. The maximum Gasteiger partial charge on any atom is 0.223 e. The fourth-order valence-electron chi connectivity index (χ4n) is 3.09. The number of alkyl halides is 1. The maximum atomic E-state index is 14.5. The van der Waals surface area contributed by atoms with E-state index in [0.29, 0.717) is 23.4 Å². The Bertz CT molecular complexity index is 984. The molecule has 0 radical (unpaired) electrons. The SMILES string of the molecule is CC(C)(O)c1ccc2ncc(-c3nc(N[C@H]4CNC[C@@H]4F)ncc3F)n2c1. The second-order valence-electron chi connectivity index (χ2n) is 7.16. The topological polar surface area (TPSA) is 87.4 Å². The van der Waals surface area contributed by atoms with Crippen molar-refractivity contribution in [1.29, 1.82) is 0 Å². The van der Waals surface area contributed by atoms with E-state index in [4.69, 9.17) is 0 Å². The average Bonchev–Trinajstić information content (AvgIpc) is 3.22. The zero-order valence-corrected chi connectivity index (χ0v) is 14.9. The number of nitrogens with one attached hydrogen (secondary N) is 2. The van der Waals surface area contributed by atoms with Gasteiger partial charge in [0, 0.05) is 19.3 Å². The number of aromatic nitrogens is 4. The molecule has 0 saturated carbocycles. The molecule has 3 aromatic heterocycles. The molecular weight excluding hydrogens is 354 g/mol. The molecule has 1 saturated heterocycles. The summed E-state index contributed by atoms with van der Waals surface area (Å²) in [6, 6.07) is 3.05. The van der Waals surface area contributed by atoms with Gasteiger partial charge in [0.1, 0.15) is 17.5 Å². The summed E-state index contributed by atoms with van der Waals surface area (Å²) in [5.74, 6) is -0.464. The van der Waals surface area contributed by atoms with Gasteiger partial charge >= 0.3 is 0 Å². The van der Waals surface area contributed by atoms with Crippen molar-refractivity contribution < 1.29 is 13.9 Å². The summed E-state index contributed by atoms with van der Waals surface area (Å²) in [4.78, 5) is 12.4. The molecule has 4 rings (SSSR count). The summed E-state index contributed by atoms with van der Waals surface area (Å²) >= 11 is 0. The molecule has 4 heterocycles. The van der Waals surface area contributed by atoms with Gasteiger partial charge in [-0.2, -0.15) is 0 Å². The van der Waals surface area contributed by atoms with Crippen molar-refractivity contribution in [3.05, 3.63) is 42.1 Å². The molecule has 0 unspecified atom stereocenters. The van der Waals surface area contributed by atoms with Crippen molar-refractivity contribution in [1.82, 2.24) is 24.7 Å². The van der Waals surface area contributed by atoms with Crippen molar-refractivity contribution >= 4 is 11.6 Å².